The van der Waals surface area contributed by atoms with Crippen molar-refractivity contribution >= 4 is 17.6 Å². The zero-order chi connectivity index (χ0) is 16.4. The fourth-order valence-corrected chi connectivity index (χ4v) is 2.19. The van der Waals surface area contributed by atoms with Crippen molar-refractivity contribution < 1.29 is 24.7 Å². The first kappa shape index (κ1) is 15.2. The molecule has 2 aromatic rings. The van der Waals surface area contributed by atoms with E-state index in [-0.39, 0.29) is 33.5 Å². The molecule has 0 radical (unpaired) electrons. The van der Waals surface area contributed by atoms with Crippen LogP contribution in [0.25, 0.3) is 11.1 Å². The first-order chi connectivity index (χ1) is 10.3. The highest BCUT2D eigenvalue weighted by atomic mass is 16.6. The highest BCUT2D eigenvalue weighted by Crippen LogP contribution is 2.32. The van der Waals surface area contributed by atoms with E-state index < -0.39 is 16.9 Å². The van der Waals surface area contributed by atoms with E-state index in [0.717, 1.165) is 0 Å². The number of nitro benzene ring substituents is 1. The topological polar surface area (TPSA) is 118 Å². The number of carboxylic acid groups (broad SMARTS) is 2. The number of hydrogen-bond acceptors (Lipinski definition) is 4. The standard InChI is InChI=1S/C15H11NO6/c1-8-11(14(17)18)6-9(7-12(8)15(19)20)10-4-2-3-5-13(10)16(21)22/h2-7H,1H3,(H,17,18)(H,19,20). The number of nitro groups is 1. The minimum absolute atomic E-state index is 0.0994. The summed E-state index contributed by atoms with van der Waals surface area (Å²) in [6.45, 7) is 1.39. The monoisotopic (exact) mass is 301 g/mol. The van der Waals surface area contributed by atoms with Crippen molar-refractivity contribution in [3.05, 3.63) is 63.2 Å². The van der Waals surface area contributed by atoms with Gasteiger partial charge in [-0.05, 0) is 36.2 Å². The van der Waals surface area contributed by atoms with Gasteiger partial charge in [0.15, 0.2) is 0 Å². The van der Waals surface area contributed by atoms with Gasteiger partial charge >= 0.3 is 11.9 Å². The van der Waals surface area contributed by atoms with Crippen molar-refractivity contribution in [2.75, 3.05) is 0 Å². The summed E-state index contributed by atoms with van der Waals surface area (Å²) in [5, 5.41) is 29.5. The second-order valence-electron chi connectivity index (χ2n) is 4.58. The Morgan fingerprint density at radius 1 is 1.05 bits per heavy atom. The molecule has 0 bridgehead atoms. The van der Waals surface area contributed by atoms with Gasteiger partial charge in [-0.2, -0.15) is 0 Å². The van der Waals surface area contributed by atoms with E-state index in [2.05, 4.69) is 0 Å². The molecular weight excluding hydrogens is 290 g/mol. The Morgan fingerprint density at radius 2 is 1.55 bits per heavy atom. The number of carbonyl (C=O) groups is 2. The van der Waals surface area contributed by atoms with Crippen molar-refractivity contribution in [1.82, 2.24) is 0 Å². The lowest BCUT2D eigenvalue weighted by Crippen LogP contribution is -2.08. The van der Waals surface area contributed by atoms with Crippen molar-refractivity contribution in [3.8, 4) is 11.1 Å². The SMILES string of the molecule is Cc1c(C(=O)O)cc(-c2ccccc2[N+](=O)[O-])cc1C(=O)O. The van der Waals surface area contributed by atoms with Crippen LogP contribution in [0.5, 0.6) is 0 Å². The normalized spacial score (nSPS) is 10.2. The highest BCUT2D eigenvalue weighted by Gasteiger charge is 2.21. The molecule has 0 saturated heterocycles. The first-order valence-electron chi connectivity index (χ1n) is 6.18. The molecule has 0 atom stereocenters. The molecule has 0 heterocycles. The second-order valence-corrected chi connectivity index (χ2v) is 4.58. The number of para-hydroxylation sites is 1. The highest BCUT2D eigenvalue weighted by molar-refractivity contribution is 5.99. The van der Waals surface area contributed by atoms with Crippen LogP contribution in [-0.2, 0) is 0 Å². The fourth-order valence-electron chi connectivity index (χ4n) is 2.19. The minimum Gasteiger partial charge on any atom is -0.478 e. The first-order valence-corrected chi connectivity index (χ1v) is 6.18. The van der Waals surface area contributed by atoms with Gasteiger partial charge < -0.3 is 10.2 Å². The Kier molecular flexibility index (Phi) is 3.89. The molecule has 0 saturated carbocycles. The molecule has 0 spiro atoms. The van der Waals surface area contributed by atoms with Crippen molar-refractivity contribution in [2.45, 2.75) is 6.92 Å². The number of hydrogen-bond donors (Lipinski definition) is 2. The van der Waals surface area contributed by atoms with Gasteiger partial charge in [0.1, 0.15) is 0 Å². The van der Waals surface area contributed by atoms with Crippen LogP contribution in [0.2, 0.25) is 0 Å². The lowest BCUT2D eigenvalue weighted by molar-refractivity contribution is -0.384. The molecule has 0 aromatic heterocycles. The third kappa shape index (κ3) is 2.64. The predicted octanol–water partition coefficient (Wildman–Crippen LogP) is 2.97. The summed E-state index contributed by atoms with van der Waals surface area (Å²) in [4.78, 5) is 33.0. The fraction of sp³-hybridized carbons (Fsp3) is 0.0667. The molecule has 22 heavy (non-hydrogen) atoms. The second kappa shape index (κ2) is 5.65. The van der Waals surface area contributed by atoms with Gasteiger partial charge in [0.25, 0.3) is 5.69 Å². The number of aromatic carboxylic acids is 2. The van der Waals surface area contributed by atoms with Crippen LogP contribution in [0.4, 0.5) is 5.69 Å². The zero-order valence-corrected chi connectivity index (χ0v) is 11.4. The molecule has 0 aliphatic carbocycles. The lowest BCUT2D eigenvalue weighted by Gasteiger charge is -2.10. The molecule has 0 amide bonds. The average molecular weight is 301 g/mol. The maximum Gasteiger partial charge on any atom is 0.335 e. The number of nitrogens with zero attached hydrogens (tertiary/aromatic N) is 1. The van der Waals surface area contributed by atoms with E-state index in [1.807, 2.05) is 0 Å². The molecule has 0 aliphatic heterocycles. The summed E-state index contributed by atoms with van der Waals surface area (Å²) in [6, 6.07) is 8.24. The third-order valence-electron chi connectivity index (χ3n) is 3.28. The molecule has 0 unspecified atom stereocenters. The van der Waals surface area contributed by atoms with Gasteiger partial charge in [0.2, 0.25) is 0 Å². The summed E-state index contributed by atoms with van der Waals surface area (Å²) in [7, 11) is 0. The zero-order valence-electron chi connectivity index (χ0n) is 11.4. The Hall–Kier alpha value is -3.22. The summed E-state index contributed by atoms with van der Waals surface area (Å²) in [5.74, 6) is -2.58. The van der Waals surface area contributed by atoms with Crippen LogP contribution in [0.3, 0.4) is 0 Å². The maximum atomic E-state index is 11.3. The van der Waals surface area contributed by atoms with Gasteiger partial charge in [0.05, 0.1) is 21.6 Å². The van der Waals surface area contributed by atoms with Gasteiger partial charge in [-0.1, -0.05) is 12.1 Å². The van der Waals surface area contributed by atoms with E-state index >= 15 is 0 Å². The summed E-state index contributed by atoms with van der Waals surface area (Å²) in [6.07, 6.45) is 0. The van der Waals surface area contributed by atoms with Crippen LogP contribution >= 0.6 is 0 Å². The van der Waals surface area contributed by atoms with Gasteiger partial charge in [0, 0.05) is 6.07 Å². The van der Waals surface area contributed by atoms with Crippen LogP contribution in [0, 0.1) is 17.0 Å². The van der Waals surface area contributed by atoms with E-state index in [1.54, 1.807) is 6.07 Å². The van der Waals surface area contributed by atoms with Gasteiger partial charge in [-0.15, -0.1) is 0 Å². The molecule has 0 aliphatic rings. The van der Waals surface area contributed by atoms with Crippen LogP contribution < -0.4 is 0 Å². The molecule has 2 aromatic carbocycles. The largest absolute Gasteiger partial charge is 0.478 e. The Morgan fingerprint density at radius 3 is 2.00 bits per heavy atom. The number of benzene rings is 2. The van der Waals surface area contributed by atoms with Crippen LogP contribution in [-0.4, -0.2) is 27.1 Å². The molecule has 7 nitrogen and oxygen atoms in total. The Labute approximate surface area is 124 Å². The minimum atomic E-state index is -1.29. The smallest absolute Gasteiger partial charge is 0.335 e. The molecule has 7 heteroatoms. The number of carboxylic acids is 2. The average Bonchev–Trinajstić information content (AvgIpc) is 2.46. The maximum absolute atomic E-state index is 11.3. The van der Waals surface area contributed by atoms with E-state index in [4.69, 9.17) is 0 Å². The molecule has 112 valence electrons. The van der Waals surface area contributed by atoms with Crippen molar-refractivity contribution in [2.24, 2.45) is 0 Å². The van der Waals surface area contributed by atoms with Crippen molar-refractivity contribution in [1.29, 1.82) is 0 Å². The molecule has 2 rings (SSSR count). The molecular formula is C15H11NO6. The van der Waals surface area contributed by atoms with Crippen molar-refractivity contribution in [3.63, 3.8) is 0 Å². The Bertz CT molecular complexity index is 761. The summed E-state index contributed by atoms with van der Waals surface area (Å²) in [5.41, 5.74) is -0.187. The summed E-state index contributed by atoms with van der Waals surface area (Å²) >= 11 is 0. The molecule has 0 fully saturated rings. The third-order valence-corrected chi connectivity index (χ3v) is 3.28. The van der Waals surface area contributed by atoms with E-state index in [9.17, 15) is 29.9 Å². The molecule has 2 N–H and O–H groups in total. The van der Waals surface area contributed by atoms with Crippen LogP contribution in [0.1, 0.15) is 26.3 Å². The van der Waals surface area contributed by atoms with Crippen LogP contribution in [0.15, 0.2) is 36.4 Å². The van der Waals surface area contributed by atoms with E-state index in [1.165, 1.54) is 37.3 Å². The quantitative estimate of drug-likeness (QED) is 0.662. The number of rotatable bonds is 4. The van der Waals surface area contributed by atoms with Gasteiger partial charge in [-0.3, -0.25) is 10.1 Å². The Balaban J connectivity index is 2.80. The van der Waals surface area contributed by atoms with Gasteiger partial charge in [-0.25, -0.2) is 9.59 Å². The predicted molar refractivity (Wildman–Crippen MR) is 77.2 cm³/mol. The van der Waals surface area contributed by atoms with E-state index in [0.29, 0.717) is 0 Å². The summed E-state index contributed by atoms with van der Waals surface area (Å²) < 4.78 is 0. The lowest BCUT2D eigenvalue weighted by atomic mass is 9.94.